The Labute approximate surface area is 88.5 Å². The largest absolute Gasteiger partial charge is 0.354 e. The first-order valence-electron chi connectivity index (χ1n) is 4.95. The van der Waals surface area contributed by atoms with Gasteiger partial charge in [-0.05, 0) is 13.3 Å². The molecule has 1 atom stereocenters. The molecule has 0 spiro atoms. The van der Waals surface area contributed by atoms with Gasteiger partial charge in [0.25, 0.3) is 0 Å². The second-order valence-corrected chi connectivity index (χ2v) is 3.31. The molecule has 1 N–H and O–H groups in total. The Morgan fingerprint density at radius 1 is 1.73 bits per heavy atom. The van der Waals surface area contributed by atoms with Crippen molar-refractivity contribution in [2.24, 2.45) is 0 Å². The van der Waals surface area contributed by atoms with Gasteiger partial charge in [0, 0.05) is 6.54 Å². The maximum Gasteiger partial charge on any atom is 0.242 e. The smallest absolute Gasteiger partial charge is 0.242 e. The third-order valence-electron chi connectivity index (χ3n) is 2.16. The van der Waals surface area contributed by atoms with E-state index in [4.69, 9.17) is 0 Å². The van der Waals surface area contributed by atoms with E-state index in [9.17, 15) is 9.59 Å². The maximum absolute atomic E-state index is 11.6. The highest BCUT2D eigenvalue weighted by molar-refractivity contribution is 5.81. The number of amides is 1. The Morgan fingerprint density at radius 3 is 3.07 bits per heavy atom. The molecule has 5 heteroatoms. The van der Waals surface area contributed by atoms with Crippen molar-refractivity contribution < 1.29 is 9.59 Å². The van der Waals surface area contributed by atoms with E-state index in [1.54, 1.807) is 11.5 Å². The molecule has 1 unspecified atom stereocenters. The predicted molar refractivity (Wildman–Crippen MR) is 55.6 cm³/mol. The van der Waals surface area contributed by atoms with Gasteiger partial charge in [0.05, 0.1) is 12.5 Å². The number of hydrogen-bond acceptors (Lipinski definition) is 3. The van der Waals surface area contributed by atoms with Gasteiger partial charge in [0.1, 0.15) is 11.7 Å². The molecule has 0 fully saturated rings. The number of carbonyl (C=O) groups excluding carboxylic acids is 2. The van der Waals surface area contributed by atoms with Crippen molar-refractivity contribution in [1.29, 1.82) is 0 Å². The highest BCUT2D eigenvalue weighted by Gasteiger charge is 2.16. The Kier molecular flexibility index (Phi) is 4.03. The molecule has 15 heavy (non-hydrogen) atoms. The molecular formula is C10H15N3O2. The third-order valence-corrected chi connectivity index (χ3v) is 2.16. The van der Waals surface area contributed by atoms with Crippen LogP contribution in [-0.4, -0.2) is 28.3 Å². The average molecular weight is 209 g/mol. The summed E-state index contributed by atoms with van der Waals surface area (Å²) in [6.45, 7) is 4.37. The lowest BCUT2D eigenvalue weighted by atomic mass is 10.3. The lowest BCUT2D eigenvalue weighted by Crippen LogP contribution is -2.31. The summed E-state index contributed by atoms with van der Waals surface area (Å²) >= 11 is 0. The molecule has 82 valence electrons. The van der Waals surface area contributed by atoms with Crippen LogP contribution in [0.4, 0.5) is 0 Å². The highest BCUT2D eigenvalue weighted by atomic mass is 16.2. The summed E-state index contributed by atoms with van der Waals surface area (Å²) in [5.74, 6) is -0.0991. The average Bonchev–Trinajstić information content (AvgIpc) is 2.72. The molecule has 0 aliphatic rings. The molecule has 1 amide bonds. The van der Waals surface area contributed by atoms with Crippen molar-refractivity contribution in [3.63, 3.8) is 0 Å². The minimum Gasteiger partial charge on any atom is -0.354 e. The predicted octanol–water partition coefficient (Wildman–Crippen LogP) is 0.783. The number of imidazole rings is 1. The van der Waals surface area contributed by atoms with Crippen LogP contribution in [0.15, 0.2) is 12.5 Å². The normalized spacial score (nSPS) is 12.1. The molecule has 0 aliphatic heterocycles. The monoisotopic (exact) mass is 209 g/mol. The van der Waals surface area contributed by atoms with Crippen LogP contribution in [0.5, 0.6) is 0 Å². The third kappa shape index (κ3) is 2.65. The summed E-state index contributed by atoms with van der Waals surface area (Å²) in [7, 11) is 0. The minimum atomic E-state index is -0.403. The van der Waals surface area contributed by atoms with E-state index in [1.165, 1.54) is 12.5 Å². The van der Waals surface area contributed by atoms with E-state index >= 15 is 0 Å². The summed E-state index contributed by atoms with van der Waals surface area (Å²) in [6, 6.07) is -0.403. The first-order chi connectivity index (χ1) is 7.20. The van der Waals surface area contributed by atoms with E-state index in [0.29, 0.717) is 18.5 Å². The summed E-state index contributed by atoms with van der Waals surface area (Å²) < 4.78 is 1.55. The van der Waals surface area contributed by atoms with Crippen molar-refractivity contribution in [3.05, 3.63) is 18.2 Å². The summed E-state index contributed by atoms with van der Waals surface area (Å²) in [5.41, 5.74) is 0.411. The number of hydrogen-bond donors (Lipinski definition) is 1. The quantitative estimate of drug-likeness (QED) is 0.729. The molecule has 1 heterocycles. The molecule has 1 aromatic rings. The van der Waals surface area contributed by atoms with Gasteiger partial charge in [-0.1, -0.05) is 6.92 Å². The standard InChI is InChI=1S/C10H15N3O2/c1-3-4-12-10(15)8(2)13-7-11-5-9(13)6-14/h5-8H,3-4H2,1-2H3,(H,12,15). The molecular weight excluding hydrogens is 194 g/mol. The molecule has 0 radical (unpaired) electrons. The van der Waals surface area contributed by atoms with Gasteiger partial charge >= 0.3 is 0 Å². The lowest BCUT2D eigenvalue weighted by Gasteiger charge is -2.14. The number of carbonyl (C=O) groups is 2. The highest BCUT2D eigenvalue weighted by Crippen LogP contribution is 2.08. The number of nitrogens with one attached hydrogen (secondary N) is 1. The van der Waals surface area contributed by atoms with Crippen molar-refractivity contribution in [2.75, 3.05) is 6.54 Å². The van der Waals surface area contributed by atoms with Crippen LogP contribution in [0.1, 0.15) is 36.8 Å². The summed E-state index contributed by atoms with van der Waals surface area (Å²) in [5, 5.41) is 2.77. The summed E-state index contributed by atoms with van der Waals surface area (Å²) in [4.78, 5) is 26.1. The van der Waals surface area contributed by atoms with Crippen molar-refractivity contribution >= 4 is 12.2 Å². The Morgan fingerprint density at radius 2 is 2.47 bits per heavy atom. The van der Waals surface area contributed by atoms with Crippen molar-refractivity contribution in [1.82, 2.24) is 14.9 Å². The second-order valence-electron chi connectivity index (χ2n) is 3.31. The van der Waals surface area contributed by atoms with Crippen LogP contribution in [-0.2, 0) is 4.79 Å². The van der Waals surface area contributed by atoms with Crippen LogP contribution >= 0.6 is 0 Å². The summed E-state index contributed by atoms with van der Waals surface area (Å²) in [6.07, 6.45) is 4.51. The Balaban J connectivity index is 2.71. The van der Waals surface area contributed by atoms with Crippen LogP contribution in [0.3, 0.4) is 0 Å². The zero-order chi connectivity index (χ0) is 11.3. The zero-order valence-corrected chi connectivity index (χ0v) is 8.93. The minimum absolute atomic E-state index is 0.0991. The van der Waals surface area contributed by atoms with Gasteiger partial charge in [-0.25, -0.2) is 4.98 Å². The first-order valence-corrected chi connectivity index (χ1v) is 4.95. The van der Waals surface area contributed by atoms with Crippen molar-refractivity contribution in [3.8, 4) is 0 Å². The molecule has 5 nitrogen and oxygen atoms in total. The fraction of sp³-hybridized carbons (Fsp3) is 0.500. The number of rotatable bonds is 5. The van der Waals surface area contributed by atoms with Gasteiger partial charge in [0.2, 0.25) is 5.91 Å². The molecule has 1 rings (SSSR count). The Hall–Kier alpha value is -1.65. The molecule has 1 aromatic heterocycles. The molecule has 0 saturated heterocycles. The van der Waals surface area contributed by atoms with Crippen molar-refractivity contribution in [2.45, 2.75) is 26.3 Å². The van der Waals surface area contributed by atoms with Crippen LogP contribution in [0.2, 0.25) is 0 Å². The Bertz CT molecular complexity index is 346. The first kappa shape index (κ1) is 11.4. The van der Waals surface area contributed by atoms with E-state index in [-0.39, 0.29) is 5.91 Å². The fourth-order valence-electron chi connectivity index (χ4n) is 1.25. The van der Waals surface area contributed by atoms with Gasteiger partial charge in [-0.2, -0.15) is 0 Å². The van der Waals surface area contributed by atoms with E-state index in [2.05, 4.69) is 10.3 Å². The second kappa shape index (κ2) is 5.29. The zero-order valence-electron chi connectivity index (χ0n) is 8.93. The molecule has 0 aliphatic carbocycles. The molecule has 0 aromatic carbocycles. The number of nitrogens with zero attached hydrogens (tertiary/aromatic N) is 2. The maximum atomic E-state index is 11.6. The molecule has 0 saturated carbocycles. The van der Waals surface area contributed by atoms with Gasteiger partial charge < -0.3 is 9.88 Å². The van der Waals surface area contributed by atoms with Gasteiger partial charge in [-0.15, -0.1) is 0 Å². The van der Waals surface area contributed by atoms with E-state index in [1.807, 2.05) is 6.92 Å². The van der Waals surface area contributed by atoms with Gasteiger partial charge in [-0.3, -0.25) is 9.59 Å². The lowest BCUT2D eigenvalue weighted by molar-refractivity contribution is -0.123. The van der Waals surface area contributed by atoms with Gasteiger partial charge in [0.15, 0.2) is 6.29 Å². The SMILES string of the molecule is CCCNC(=O)C(C)n1cncc1C=O. The van der Waals surface area contributed by atoms with E-state index < -0.39 is 6.04 Å². The number of aldehydes is 1. The topological polar surface area (TPSA) is 64.0 Å². The van der Waals surface area contributed by atoms with Crippen LogP contribution in [0.25, 0.3) is 0 Å². The van der Waals surface area contributed by atoms with Crippen LogP contribution < -0.4 is 5.32 Å². The molecule has 0 bridgehead atoms. The fourth-order valence-corrected chi connectivity index (χ4v) is 1.25. The number of aromatic nitrogens is 2. The van der Waals surface area contributed by atoms with Crippen LogP contribution in [0, 0.1) is 0 Å². The van der Waals surface area contributed by atoms with E-state index in [0.717, 1.165) is 6.42 Å².